The maximum absolute atomic E-state index is 13.2. The summed E-state index contributed by atoms with van der Waals surface area (Å²) in [6.45, 7) is 3.49. The summed E-state index contributed by atoms with van der Waals surface area (Å²) >= 11 is 13.6. The van der Waals surface area contributed by atoms with Crippen LogP contribution in [-0.2, 0) is 10.0 Å². The molecule has 1 aliphatic heterocycles. The molecule has 4 rings (SSSR count). The van der Waals surface area contributed by atoms with Gasteiger partial charge in [-0.2, -0.15) is 0 Å². The Morgan fingerprint density at radius 1 is 1.19 bits per heavy atom. The number of anilines is 1. The third-order valence-corrected chi connectivity index (χ3v) is 8.81. The van der Waals surface area contributed by atoms with Crippen LogP contribution in [0, 0.1) is 5.82 Å². The minimum atomic E-state index is -3.96. The topological polar surface area (TPSA) is 67.4 Å². The number of hydrogen-bond acceptors (Lipinski definition) is 5. The normalized spacial score (nSPS) is 18.8. The van der Waals surface area contributed by atoms with Gasteiger partial charge in [0.15, 0.2) is 4.21 Å². The molecular formula is C21H19Cl2FN2O3S2. The van der Waals surface area contributed by atoms with E-state index in [1.54, 1.807) is 35.7 Å². The molecule has 1 saturated heterocycles. The number of nitrogens with one attached hydrogen (secondary N) is 2. The highest BCUT2D eigenvalue weighted by molar-refractivity contribution is 7.94. The van der Waals surface area contributed by atoms with Gasteiger partial charge in [-0.25, -0.2) is 12.8 Å². The highest BCUT2D eigenvalue weighted by Crippen LogP contribution is 2.40. The van der Waals surface area contributed by atoms with E-state index in [1.807, 2.05) is 6.92 Å². The maximum atomic E-state index is 13.2. The minimum Gasteiger partial charge on any atom is -0.485 e. The average molecular weight is 501 g/mol. The first-order valence-corrected chi connectivity index (χ1v) is 12.5. The molecule has 2 heterocycles. The Balaban J connectivity index is 1.59. The van der Waals surface area contributed by atoms with Gasteiger partial charge in [0.05, 0.1) is 15.7 Å². The van der Waals surface area contributed by atoms with Crippen LogP contribution in [0.15, 0.2) is 52.1 Å². The standard InChI is InChI=1S/C21H19Cl2FN2O3S2/c1-21(8-9-25-12-21)29-18-10-15(6-7-17(18)22)26-31(27,28)20-19(23)16(11-30-20)13-2-4-14(24)5-3-13/h2-7,10-11,25-26H,8-9,12H2,1H3/t21-/m1/s1. The Morgan fingerprint density at radius 2 is 1.94 bits per heavy atom. The van der Waals surface area contributed by atoms with Gasteiger partial charge in [-0.3, -0.25) is 4.72 Å². The van der Waals surface area contributed by atoms with Crippen molar-refractivity contribution in [1.29, 1.82) is 0 Å². The van der Waals surface area contributed by atoms with Crippen molar-refractivity contribution in [1.82, 2.24) is 5.32 Å². The van der Waals surface area contributed by atoms with Crippen LogP contribution in [0.1, 0.15) is 13.3 Å². The molecule has 3 aromatic rings. The highest BCUT2D eigenvalue weighted by Gasteiger charge is 2.31. The summed E-state index contributed by atoms with van der Waals surface area (Å²) in [5.41, 5.74) is 1.04. The van der Waals surface area contributed by atoms with Gasteiger partial charge in [-0.05, 0) is 43.3 Å². The molecular weight excluding hydrogens is 482 g/mol. The predicted molar refractivity (Wildman–Crippen MR) is 124 cm³/mol. The molecule has 1 aliphatic rings. The number of halogens is 3. The Hall–Kier alpha value is -1.84. The lowest BCUT2D eigenvalue weighted by Gasteiger charge is -2.25. The Morgan fingerprint density at radius 3 is 2.61 bits per heavy atom. The summed E-state index contributed by atoms with van der Waals surface area (Å²) in [7, 11) is -3.96. The second-order valence-electron chi connectivity index (χ2n) is 7.49. The van der Waals surface area contributed by atoms with Crippen LogP contribution in [-0.4, -0.2) is 27.1 Å². The Labute approximate surface area is 194 Å². The second kappa shape index (κ2) is 8.60. The van der Waals surface area contributed by atoms with Gasteiger partial charge < -0.3 is 10.1 Å². The van der Waals surface area contributed by atoms with Crippen molar-refractivity contribution in [3.05, 3.63) is 63.7 Å². The van der Waals surface area contributed by atoms with Gasteiger partial charge in [-0.15, -0.1) is 11.3 Å². The Bertz CT molecular complexity index is 1210. The monoisotopic (exact) mass is 500 g/mol. The predicted octanol–water partition coefficient (Wildman–Crippen LogP) is 5.79. The van der Waals surface area contributed by atoms with Crippen molar-refractivity contribution in [2.24, 2.45) is 0 Å². The molecule has 0 aliphatic carbocycles. The fourth-order valence-corrected chi connectivity index (χ4v) is 6.49. The molecule has 0 unspecified atom stereocenters. The van der Waals surface area contributed by atoms with E-state index in [0.717, 1.165) is 24.3 Å². The summed E-state index contributed by atoms with van der Waals surface area (Å²) in [6, 6.07) is 10.4. The van der Waals surface area contributed by atoms with E-state index in [-0.39, 0.29) is 15.0 Å². The SMILES string of the molecule is C[C@@]1(Oc2cc(NS(=O)(=O)c3scc(-c4ccc(F)cc4)c3Cl)ccc2Cl)CCNC1. The van der Waals surface area contributed by atoms with E-state index < -0.39 is 15.6 Å². The number of ether oxygens (including phenoxy) is 1. The number of thiophene rings is 1. The van der Waals surface area contributed by atoms with E-state index >= 15 is 0 Å². The molecule has 31 heavy (non-hydrogen) atoms. The zero-order valence-corrected chi connectivity index (χ0v) is 19.6. The molecule has 0 bridgehead atoms. The summed E-state index contributed by atoms with van der Waals surface area (Å²) in [4.78, 5) is 0. The minimum absolute atomic E-state index is 0.0298. The van der Waals surface area contributed by atoms with Crippen molar-refractivity contribution in [3.8, 4) is 16.9 Å². The highest BCUT2D eigenvalue weighted by atomic mass is 35.5. The van der Waals surface area contributed by atoms with Crippen molar-refractivity contribution in [2.75, 3.05) is 17.8 Å². The number of sulfonamides is 1. The first-order valence-electron chi connectivity index (χ1n) is 9.42. The molecule has 0 radical (unpaired) electrons. The third-order valence-electron chi connectivity index (χ3n) is 4.97. The van der Waals surface area contributed by atoms with Gasteiger partial charge in [0, 0.05) is 30.0 Å². The smallest absolute Gasteiger partial charge is 0.272 e. The van der Waals surface area contributed by atoms with Gasteiger partial charge in [0.2, 0.25) is 0 Å². The number of rotatable bonds is 6. The van der Waals surface area contributed by atoms with Crippen molar-refractivity contribution >= 4 is 50.2 Å². The lowest BCUT2D eigenvalue weighted by Crippen LogP contribution is -2.34. The van der Waals surface area contributed by atoms with Crippen LogP contribution in [0.2, 0.25) is 10.0 Å². The quantitative estimate of drug-likeness (QED) is 0.449. The van der Waals surface area contributed by atoms with Crippen LogP contribution in [0.5, 0.6) is 5.75 Å². The first-order chi connectivity index (χ1) is 14.7. The third kappa shape index (κ3) is 4.83. The van der Waals surface area contributed by atoms with Crippen LogP contribution in [0.4, 0.5) is 10.1 Å². The Kier molecular flexibility index (Phi) is 6.20. The van der Waals surface area contributed by atoms with E-state index in [9.17, 15) is 12.8 Å². The van der Waals surface area contributed by atoms with Gasteiger partial charge in [0.1, 0.15) is 17.2 Å². The summed E-state index contributed by atoms with van der Waals surface area (Å²) in [5, 5.41) is 5.35. The molecule has 164 valence electrons. The summed E-state index contributed by atoms with van der Waals surface area (Å²) in [6.07, 6.45) is 0.816. The van der Waals surface area contributed by atoms with E-state index in [1.165, 1.54) is 12.1 Å². The lowest BCUT2D eigenvalue weighted by atomic mass is 10.1. The van der Waals surface area contributed by atoms with Crippen molar-refractivity contribution in [2.45, 2.75) is 23.2 Å². The van der Waals surface area contributed by atoms with Gasteiger partial charge in [-0.1, -0.05) is 35.3 Å². The molecule has 2 aromatic carbocycles. The molecule has 1 atom stereocenters. The molecule has 0 amide bonds. The van der Waals surface area contributed by atoms with E-state index in [2.05, 4.69) is 10.0 Å². The van der Waals surface area contributed by atoms with Gasteiger partial charge in [0.25, 0.3) is 10.0 Å². The van der Waals surface area contributed by atoms with Crippen LogP contribution in [0.3, 0.4) is 0 Å². The summed E-state index contributed by atoms with van der Waals surface area (Å²) < 4.78 is 47.8. The molecule has 0 saturated carbocycles. The fourth-order valence-electron chi connectivity index (χ4n) is 3.32. The van der Waals surface area contributed by atoms with Gasteiger partial charge >= 0.3 is 0 Å². The maximum Gasteiger partial charge on any atom is 0.272 e. The second-order valence-corrected chi connectivity index (χ2v) is 11.0. The largest absolute Gasteiger partial charge is 0.485 e. The zero-order valence-electron chi connectivity index (χ0n) is 16.4. The first kappa shape index (κ1) is 22.4. The molecule has 2 N–H and O–H groups in total. The van der Waals surface area contributed by atoms with Crippen LogP contribution >= 0.6 is 34.5 Å². The summed E-state index contributed by atoms with van der Waals surface area (Å²) in [5.74, 6) is 0.0185. The fraction of sp³-hybridized carbons (Fsp3) is 0.238. The average Bonchev–Trinajstić information content (AvgIpc) is 3.31. The van der Waals surface area contributed by atoms with Crippen molar-refractivity contribution in [3.63, 3.8) is 0 Å². The van der Waals surface area contributed by atoms with Crippen LogP contribution in [0.25, 0.3) is 11.1 Å². The lowest BCUT2D eigenvalue weighted by molar-refractivity contribution is 0.111. The molecule has 5 nitrogen and oxygen atoms in total. The van der Waals surface area contributed by atoms with Crippen molar-refractivity contribution < 1.29 is 17.5 Å². The molecule has 0 spiro atoms. The van der Waals surface area contributed by atoms with Crippen LogP contribution < -0.4 is 14.8 Å². The van der Waals surface area contributed by atoms with E-state index in [4.69, 9.17) is 27.9 Å². The molecule has 1 fully saturated rings. The molecule has 10 heteroatoms. The molecule has 1 aromatic heterocycles. The zero-order chi connectivity index (χ0) is 22.2. The number of hydrogen-bond donors (Lipinski definition) is 2. The number of benzene rings is 2. The van der Waals surface area contributed by atoms with E-state index in [0.29, 0.717) is 34.1 Å².